The molecular weight excluding hydrogens is 331 g/mol. The molecule has 1 aromatic carbocycles. The third-order valence-electron chi connectivity index (χ3n) is 3.27. The van der Waals surface area contributed by atoms with Gasteiger partial charge < -0.3 is 5.32 Å². The fraction of sp³-hybridized carbons (Fsp3) is 0.571. The van der Waals surface area contributed by atoms with Crippen molar-refractivity contribution >= 4 is 33.2 Å². The third kappa shape index (κ3) is 4.57. The van der Waals surface area contributed by atoms with Crippen LogP contribution in [0.25, 0.3) is 0 Å². The Balaban J connectivity index is 3.11. The highest BCUT2D eigenvalue weighted by molar-refractivity contribution is 7.89. The van der Waals surface area contributed by atoms with Gasteiger partial charge in [-0.3, -0.25) is 0 Å². The molecule has 1 aromatic rings. The van der Waals surface area contributed by atoms with E-state index in [4.69, 9.17) is 23.2 Å². The summed E-state index contributed by atoms with van der Waals surface area (Å²) in [6.07, 6.45) is 2.88. The van der Waals surface area contributed by atoms with Gasteiger partial charge in [-0.15, -0.1) is 0 Å². The second-order valence-electron chi connectivity index (χ2n) is 4.90. The predicted octanol–water partition coefficient (Wildman–Crippen LogP) is 3.52. The zero-order valence-corrected chi connectivity index (χ0v) is 14.9. The van der Waals surface area contributed by atoms with Crippen molar-refractivity contribution < 1.29 is 8.42 Å². The summed E-state index contributed by atoms with van der Waals surface area (Å²) < 4.78 is 26.5. The van der Waals surface area contributed by atoms with Crippen LogP contribution in [-0.2, 0) is 16.6 Å². The number of hydrogen-bond acceptors (Lipinski definition) is 3. The highest BCUT2D eigenvalue weighted by Crippen LogP contribution is 2.32. The van der Waals surface area contributed by atoms with Gasteiger partial charge in [-0.2, -0.15) is 0 Å². The lowest BCUT2D eigenvalue weighted by Crippen LogP contribution is -2.28. The lowest BCUT2D eigenvalue weighted by atomic mass is 10.2. The average Bonchev–Trinajstić information content (AvgIpc) is 2.43. The van der Waals surface area contributed by atoms with Gasteiger partial charge in [0, 0.05) is 30.7 Å². The van der Waals surface area contributed by atoms with E-state index in [1.807, 2.05) is 0 Å². The minimum atomic E-state index is -3.59. The first-order valence-electron chi connectivity index (χ1n) is 6.94. The molecule has 7 heteroatoms. The summed E-state index contributed by atoms with van der Waals surface area (Å²) in [4.78, 5) is 0.109. The van der Waals surface area contributed by atoms with E-state index in [9.17, 15) is 8.42 Å². The van der Waals surface area contributed by atoms with Gasteiger partial charge >= 0.3 is 0 Å². The molecule has 1 N–H and O–H groups in total. The Labute approximate surface area is 137 Å². The molecule has 0 aliphatic carbocycles. The Hall–Kier alpha value is -0.330. The van der Waals surface area contributed by atoms with E-state index in [1.165, 1.54) is 10.4 Å². The topological polar surface area (TPSA) is 49.4 Å². The van der Waals surface area contributed by atoms with Crippen molar-refractivity contribution in [2.75, 3.05) is 20.6 Å². The first-order valence-corrected chi connectivity index (χ1v) is 9.13. The molecular formula is C14H22Cl2N2O2S. The van der Waals surface area contributed by atoms with E-state index in [0.29, 0.717) is 23.7 Å². The van der Waals surface area contributed by atoms with E-state index in [1.54, 1.807) is 20.2 Å². The van der Waals surface area contributed by atoms with E-state index >= 15 is 0 Å². The zero-order valence-electron chi connectivity index (χ0n) is 12.6. The zero-order chi connectivity index (χ0) is 16.0. The minimum absolute atomic E-state index is 0.109. The monoisotopic (exact) mass is 352 g/mol. The van der Waals surface area contributed by atoms with Crippen molar-refractivity contribution in [1.82, 2.24) is 9.62 Å². The highest BCUT2D eigenvalue weighted by Gasteiger charge is 2.25. The molecule has 0 unspecified atom stereocenters. The average molecular weight is 353 g/mol. The molecule has 0 radical (unpaired) electrons. The number of nitrogens with zero attached hydrogens (tertiary/aromatic N) is 1. The smallest absolute Gasteiger partial charge is 0.244 e. The molecule has 120 valence electrons. The lowest BCUT2D eigenvalue weighted by molar-refractivity contribution is 0.454. The molecule has 0 bridgehead atoms. The Morgan fingerprint density at radius 1 is 1.24 bits per heavy atom. The molecule has 0 saturated carbocycles. The third-order valence-corrected chi connectivity index (χ3v) is 6.07. The second-order valence-corrected chi connectivity index (χ2v) is 7.70. The number of sulfonamides is 1. The van der Waals surface area contributed by atoms with Crippen LogP contribution in [-0.4, -0.2) is 33.4 Å². The van der Waals surface area contributed by atoms with Crippen LogP contribution in [0.1, 0.15) is 31.7 Å². The van der Waals surface area contributed by atoms with Gasteiger partial charge in [0.1, 0.15) is 4.90 Å². The van der Waals surface area contributed by atoms with Gasteiger partial charge in [-0.1, -0.05) is 43.0 Å². The summed E-state index contributed by atoms with van der Waals surface area (Å²) in [5.41, 5.74) is 0.601. The van der Waals surface area contributed by atoms with Crippen molar-refractivity contribution in [2.45, 2.75) is 37.6 Å². The maximum absolute atomic E-state index is 12.6. The quantitative estimate of drug-likeness (QED) is 0.728. The van der Waals surface area contributed by atoms with Gasteiger partial charge in [0.15, 0.2) is 0 Å². The Bertz CT molecular complexity index is 577. The molecule has 0 aliphatic rings. The Morgan fingerprint density at radius 3 is 2.48 bits per heavy atom. The summed E-state index contributed by atoms with van der Waals surface area (Å²) in [7, 11) is -0.261. The summed E-state index contributed by atoms with van der Waals surface area (Å²) >= 11 is 12.3. The normalized spacial score (nSPS) is 12.1. The van der Waals surface area contributed by atoms with E-state index in [0.717, 1.165) is 19.3 Å². The second kappa shape index (κ2) is 8.34. The van der Waals surface area contributed by atoms with Crippen LogP contribution in [0.4, 0.5) is 0 Å². The summed E-state index contributed by atoms with van der Waals surface area (Å²) in [5, 5.41) is 3.59. The molecule has 0 amide bonds. The number of hydrogen-bond donors (Lipinski definition) is 1. The molecule has 1 rings (SSSR count). The molecule has 0 aromatic heterocycles. The fourth-order valence-corrected chi connectivity index (χ4v) is 4.08. The van der Waals surface area contributed by atoms with Crippen LogP contribution in [0.2, 0.25) is 10.0 Å². The maximum Gasteiger partial charge on any atom is 0.244 e. The van der Waals surface area contributed by atoms with Crippen LogP contribution < -0.4 is 5.32 Å². The van der Waals surface area contributed by atoms with Crippen LogP contribution >= 0.6 is 23.2 Å². The number of halogens is 2. The van der Waals surface area contributed by atoms with Crippen LogP contribution in [0.5, 0.6) is 0 Å². The lowest BCUT2D eigenvalue weighted by Gasteiger charge is -2.19. The molecule has 0 fully saturated rings. The van der Waals surface area contributed by atoms with E-state index in [2.05, 4.69) is 12.2 Å². The van der Waals surface area contributed by atoms with Gasteiger partial charge in [0.05, 0.1) is 5.02 Å². The molecule has 0 aliphatic heterocycles. The van der Waals surface area contributed by atoms with Crippen LogP contribution in [0.15, 0.2) is 17.0 Å². The van der Waals surface area contributed by atoms with Crippen molar-refractivity contribution in [3.8, 4) is 0 Å². The van der Waals surface area contributed by atoms with Gasteiger partial charge in [0.2, 0.25) is 10.0 Å². The molecule has 0 saturated heterocycles. The first-order chi connectivity index (χ1) is 9.86. The molecule has 0 heterocycles. The molecule has 0 spiro atoms. The number of nitrogens with one attached hydrogen (secondary N) is 1. The van der Waals surface area contributed by atoms with E-state index < -0.39 is 10.0 Å². The fourth-order valence-electron chi connectivity index (χ4n) is 1.99. The van der Waals surface area contributed by atoms with Crippen LogP contribution in [0.3, 0.4) is 0 Å². The van der Waals surface area contributed by atoms with Crippen molar-refractivity contribution in [2.24, 2.45) is 0 Å². The van der Waals surface area contributed by atoms with Crippen molar-refractivity contribution in [1.29, 1.82) is 0 Å². The summed E-state index contributed by atoms with van der Waals surface area (Å²) in [5.74, 6) is 0. The first kappa shape index (κ1) is 18.7. The number of benzene rings is 1. The maximum atomic E-state index is 12.6. The van der Waals surface area contributed by atoms with Gasteiger partial charge in [-0.05, 0) is 25.6 Å². The van der Waals surface area contributed by atoms with Crippen LogP contribution in [0, 0.1) is 0 Å². The molecule has 4 nitrogen and oxygen atoms in total. The summed E-state index contributed by atoms with van der Waals surface area (Å²) in [6.45, 7) is 2.98. The standard InChI is InChI=1S/C14H22Cl2N2O2S/c1-4-5-6-9-18(3)21(19,20)13-8-7-12(15)11(10-17-2)14(13)16/h7-8,17H,4-6,9-10H2,1-3H3. The van der Waals surface area contributed by atoms with Crippen molar-refractivity contribution in [3.05, 3.63) is 27.7 Å². The highest BCUT2D eigenvalue weighted by atomic mass is 35.5. The van der Waals surface area contributed by atoms with Crippen molar-refractivity contribution in [3.63, 3.8) is 0 Å². The van der Waals surface area contributed by atoms with Gasteiger partial charge in [-0.25, -0.2) is 12.7 Å². The Kier molecular flexibility index (Phi) is 7.44. The number of rotatable bonds is 8. The van der Waals surface area contributed by atoms with E-state index in [-0.39, 0.29) is 9.92 Å². The Morgan fingerprint density at radius 2 is 1.90 bits per heavy atom. The number of unbranched alkanes of at least 4 members (excludes halogenated alkanes) is 2. The summed E-state index contributed by atoms with van der Waals surface area (Å²) in [6, 6.07) is 3.04. The SMILES string of the molecule is CCCCCN(C)S(=O)(=O)c1ccc(Cl)c(CNC)c1Cl. The molecule has 0 atom stereocenters. The van der Waals surface area contributed by atoms with Gasteiger partial charge in [0.25, 0.3) is 0 Å². The minimum Gasteiger partial charge on any atom is -0.316 e. The largest absolute Gasteiger partial charge is 0.316 e. The molecule has 21 heavy (non-hydrogen) atoms. The predicted molar refractivity (Wildman–Crippen MR) is 88.6 cm³/mol.